The minimum atomic E-state index is -4.39. The molecule has 2 heterocycles. The average molecular weight is 362 g/mol. The van der Waals surface area contributed by atoms with Crippen molar-refractivity contribution in [3.63, 3.8) is 0 Å². The Morgan fingerprint density at radius 3 is 2.62 bits per heavy atom. The highest BCUT2D eigenvalue weighted by Crippen LogP contribution is 2.29. The summed E-state index contributed by atoms with van der Waals surface area (Å²) in [6, 6.07) is 9.68. The molecule has 0 fully saturated rings. The van der Waals surface area contributed by atoms with E-state index in [0.29, 0.717) is 25.2 Å². The van der Waals surface area contributed by atoms with Crippen LogP contribution < -0.4 is 10.6 Å². The Morgan fingerprint density at radius 1 is 1.12 bits per heavy atom. The molecule has 2 aromatic heterocycles. The molecule has 3 rings (SSSR count). The third kappa shape index (κ3) is 4.33. The molecule has 0 unspecified atom stereocenters. The number of hydrogen-bond donors (Lipinski definition) is 2. The predicted molar refractivity (Wildman–Crippen MR) is 92.8 cm³/mol. The molecule has 0 bridgehead atoms. The normalized spacial score (nSPS) is 11.5. The van der Waals surface area contributed by atoms with Crippen molar-refractivity contribution in [3.05, 3.63) is 60.4 Å². The van der Waals surface area contributed by atoms with Crippen LogP contribution in [0.1, 0.15) is 12.0 Å². The van der Waals surface area contributed by atoms with Crippen molar-refractivity contribution in [2.45, 2.75) is 19.1 Å². The van der Waals surface area contributed by atoms with Crippen LogP contribution in [0.25, 0.3) is 11.0 Å². The van der Waals surface area contributed by atoms with Gasteiger partial charge in [0, 0.05) is 36.6 Å². The molecule has 1 aromatic carbocycles. The number of fused-ring (bicyclic) bond motifs is 1. The molecule has 2 N–H and O–H groups in total. The van der Waals surface area contributed by atoms with Gasteiger partial charge in [0.15, 0.2) is 0 Å². The maximum atomic E-state index is 12.5. The SMILES string of the molecule is O=C(NCCCn1ccc2cccnc21)Nc1ccc(C(F)(F)F)cc1. The van der Waals surface area contributed by atoms with Crippen LogP contribution in [0.4, 0.5) is 23.7 Å². The maximum Gasteiger partial charge on any atom is 0.416 e. The number of anilines is 1. The van der Waals surface area contributed by atoms with E-state index < -0.39 is 17.8 Å². The lowest BCUT2D eigenvalue weighted by Gasteiger charge is -2.10. The molecule has 5 nitrogen and oxygen atoms in total. The van der Waals surface area contributed by atoms with Gasteiger partial charge in [-0.2, -0.15) is 13.2 Å². The highest BCUT2D eigenvalue weighted by Gasteiger charge is 2.29. The zero-order valence-corrected chi connectivity index (χ0v) is 13.8. The highest BCUT2D eigenvalue weighted by atomic mass is 19.4. The Kier molecular flexibility index (Phi) is 5.11. The summed E-state index contributed by atoms with van der Waals surface area (Å²) in [4.78, 5) is 16.1. The molecule has 0 aliphatic carbocycles. The van der Waals surface area contributed by atoms with Gasteiger partial charge >= 0.3 is 12.2 Å². The summed E-state index contributed by atoms with van der Waals surface area (Å²) in [5, 5.41) is 6.24. The van der Waals surface area contributed by atoms with E-state index in [-0.39, 0.29) is 0 Å². The maximum absolute atomic E-state index is 12.5. The number of aromatic nitrogens is 2. The number of hydrogen-bond acceptors (Lipinski definition) is 2. The Hall–Kier alpha value is -3.03. The van der Waals surface area contributed by atoms with Crippen molar-refractivity contribution in [2.24, 2.45) is 0 Å². The van der Waals surface area contributed by atoms with Gasteiger partial charge in [-0.1, -0.05) is 0 Å². The number of halogens is 3. The largest absolute Gasteiger partial charge is 0.416 e. The van der Waals surface area contributed by atoms with Gasteiger partial charge in [0.1, 0.15) is 5.65 Å². The number of nitrogens with zero attached hydrogens (tertiary/aromatic N) is 2. The molecule has 2 amide bonds. The van der Waals surface area contributed by atoms with Gasteiger partial charge < -0.3 is 15.2 Å². The van der Waals surface area contributed by atoms with Crippen LogP contribution in [-0.4, -0.2) is 22.1 Å². The number of rotatable bonds is 5. The van der Waals surface area contributed by atoms with E-state index in [4.69, 9.17) is 0 Å². The predicted octanol–water partition coefficient (Wildman–Crippen LogP) is 4.27. The number of pyridine rings is 1. The smallest absolute Gasteiger partial charge is 0.338 e. The number of carbonyl (C=O) groups excluding carboxylic acids is 1. The first kappa shape index (κ1) is 17.8. The summed E-state index contributed by atoms with van der Waals surface area (Å²) in [7, 11) is 0. The molecule has 0 aliphatic heterocycles. The fourth-order valence-electron chi connectivity index (χ4n) is 2.57. The Labute approximate surface area is 147 Å². The van der Waals surface area contributed by atoms with Crippen molar-refractivity contribution in [1.82, 2.24) is 14.9 Å². The summed E-state index contributed by atoms with van der Waals surface area (Å²) >= 11 is 0. The summed E-state index contributed by atoms with van der Waals surface area (Å²) in [6.07, 6.45) is -0.0202. The average Bonchev–Trinajstić information content (AvgIpc) is 3.02. The third-order valence-corrected chi connectivity index (χ3v) is 3.85. The van der Waals surface area contributed by atoms with E-state index in [9.17, 15) is 18.0 Å². The Morgan fingerprint density at radius 2 is 1.88 bits per heavy atom. The van der Waals surface area contributed by atoms with Crippen LogP contribution in [0, 0.1) is 0 Å². The van der Waals surface area contributed by atoms with Gasteiger partial charge in [0.2, 0.25) is 0 Å². The standard InChI is InChI=1S/C18H17F3N4O/c19-18(20,21)14-4-6-15(7-5-14)24-17(26)23-10-2-11-25-12-8-13-3-1-9-22-16(13)25/h1,3-9,12H,2,10-11H2,(H2,23,24,26). The van der Waals surface area contributed by atoms with Crippen molar-refractivity contribution >= 4 is 22.8 Å². The molecule has 0 radical (unpaired) electrons. The van der Waals surface area contributed by atoms with Crippen LogP contribution in [0.5, 0.6) is 0 Å². The first-order chi connectivity index (χ1) is 12.4. The summed E-state index contributed by atoms with van der Waals surface area (Å²) in [5.74, 6) is 0. The molecule has 0 atom stereocenters. The van der Waals surface area contributed by atoms with Crippen molar-refractivity contribution in [2.75, 3.05) is 11.9 Å². The molecular weight excluding hydrogens is 345 g/mol. The molecule has 0 saturated carbocycles. The molecular formula is C18H17F3N4O. The van der Waals surface area contributed by atoms with E-state index in [1.807, 2.05) is 29.0 Å². The van der Waals surface area contributed by atoms with Crippen LogP contribution in [0.15, 0.2) is 54.9 Å². The van der Waals surface area contributed by atoms with Crippen LogP contribution in [0.3, 0.4) is 0 Å². The number of benzene rings is 1. The second-order valence-electron chi connectivity index (χ2n) is 5.73. The number of alkyl halides is 3. The molecule has 136 valence electrons. The van der Waals surface area contributed by atoms with Crippen LogP contribution >= 0.6 is 0 Å². The topological polar surface area (TPSA) is 59.0 Å². The van der Waals surface area contributed by atoms with Crippen LogP contribution in [0.2, 0.25) is 0 Å². The second-order valence-corrected chi connectivity index (χ2v) is 5.73. The van der Waals surface area contributed by atoms with E-state index in [2.05, 4.69) is 15.6 Å². The summed E-state index contributed by atoms with van der Waals surface area (Å²) in [5.41, 5.74) is 0.439. The molecule has 8 heteroatoms. The van der Waals surface area contributed by atoms with Gasteiger partial charge in [-0.05, 0) is 48.9 Å². The minimum absolute atomic E-state index is 0.302. The molecule has 26 heavy (non-hydrogen) atoms. The van der Waals surface area contributed by atoms with Crippen LogP contribution in [-0.2, 0) is 12.7 Å². The highest BCUT2D eigenvalue weighted by molar-refractivity contribution is 5.89. The third-order valence-electron chi connectivity index (χ3n) is 3.85. The quantitative estimate of drug-likeness (QED) is 0.666. The van der Waals surface area contributed by atoms with Gasteiger partial charge in [-0.3, -0.25) is 0 Å². The number of nitrogens with one attached hydrogen (secondary N) is 2. The molecule has 0 spiro atoms. The first-order valence-electron chi connectivity index (χ1n) is 8.05. The Bertz CT molecular complexity index is 887. The summed E-state index contributed by atoms with van der Waals surface area (Å²) in [6.45, 7) is 1.13. The summed E-state index contributed by atoms with van der Waals surface area (Å²) < 4.78 is 39.5. The Balaban J connectivity index is 1.44. The zero-order chi connectivity index (χ0) is 18.6. The number of aryl methyl sites for hydroxylation is 1. The van der Waals surface area contributed by atoms with Crippen molar-refractivity contribution < 1.29 is 18.0 Å². The van der Waals surface area contributed by atoms with Crippen molar-refractivity contribution in [3.8, 4) is 0 Å². The van der Waals surface area contributed by atoms with Gasteiger partial charge in [-0.15, -0.1) is 0 Å². The monoisotopic (exact) mass is 362 g/mol. The second kappa shape index (κ2) is 7.47. The fourth-order valence-corrected chi connectivity index (χ4v) is 2.57. The van der Waals surface area contributed by atoms with E-state index in [0.717, 1.165) is 23.2 Å². The fraction of sp³-hybridized carbons (Fsp3) is 0.222. The lowest BCUT2D eigenvalue weighted by atomic mass is 10.2. The first-order valence-corrected chi connectivity index (χ1v) is 8.05. The molecule has 0 saturated heterocycles. The number of urea groups is 1. The number of carbonyl (C=O) groups is 1. The molecule has 3 aromatic rings. The van der Waals surface area contributed by atoms with E-state index in [1.54, 1.807) is 6.20 Å². The number of amides is 2. The zero-order valence-electron chi connectivity index (χ0n) is 13.8. The van der Waals surface area contributed by atoms with Gasteiger partial charge in [0.05, 0.1) is 5.56 Å². The van der Waals surface area contributed by atoms with E-state index in [1.165, 1.54) is 12.1 Å². The van der Waals surface area contributed by atoms with E-state index >= 15 is 0 Å². The van der Waals surface area contributed by atoms with Crippen molar-refractivity contribution in [1.29, 1.82) is 0 Å². The molecule has 0 aliphatic rings. The minimum Gasteiger partial charge on any atom is -0.338 e. The lowest BCUT2D eigenvalue weighted by Crippen LogP contribution is -2.30. The lowest BCUT2D eigenvalue weighted by molar-refractivity contribution is -0.137. The van der Waals surface area contributed by atoms with Gasteiger partial charge in [0.25, 0.3) is 0 Å². The van der Waals surface area contributed by atoms with Gasteiger partial charge in [-0.25, -0.2) is 9.78 Å².